The van der Waals surface area contributed by atoms with Gasteiger partial charge in [-0.25, -0.2) is 4.79 Å². The van der Waals surface area contributed by atoms with Gasteiger partial charge in [0.15, 0.2) is 0 Å². The van der Waals surface area contributed by atoms with Crippen LogP contribution < -0.4 is 5.32 Å². The van der Waals surface area contributed by atoms with Gasteiger partial charge in [0.25, 0.3) is 0 Å². The first-order valence-electron chi connectivity index (χ1n) is 11.8. The highest BCUT2D eigenvalue weighted by Crippen LogP contribution is 2.46. The van der Waals surface area contributed by atoms with Crippen molar-refractivity contribution in [2.45, 2.75) is 51.9 Å². The summed E-state index contributed by atoms with van der Waals surface area (Å²) in [5.74, 6) is 0.521. The third-order valence-electron chi connectivity index (χ3n) is 7.60. The Bertz CT molecular complexity index is 977. The predicted octanol–water partition coefficient (Wildman–Crippen LogP) is 4.94. The second kappa shape index (κ2) is 8.53. The predicted molar refractivity (Wildman–Crippen MR) is 125 cm³/mol. The standard InChI is InChI=1S/C27H34N2O3/c1-27(2)15-22-14-21(19-6-4-18(5-7-19)17-31-3)8-9-23(22)25(27)28-26(30)32-24-16-29-12-10-20(24)11-13-29/h4-9,14,20,24-25H,10-13,15-17H2,1-3H3,(H,28,30)/t24-,25?/m1/s1. The monoisotopic (exact) mass is 434 g/mol. The molecule has 3 fully saturated rings. The second-order valence-corrected chi connectivity index (χ2v) is 10.4. The molecule has 170 valence electrons. The van der Waals surface area contributed by atoms with Crippen molar-refractivity contribution in [2.75, 3.05) is 26.7 Å². The summed E-state index contributed by atoms with van der Waals surface area (Å²) < 4.78 is 11.1. The lowest BCUT2D eigenvalue weighted by Gasteiger charge is -2.44. The number of carbonyl (C=O) groups excluding carboxylic acids is 1. The van der Waals surface area contributed by atoms with Gasteiger partial charge >= 0.3 is 6.09 Å². The number of amides is 1. The van der Waals surface area contributed by atoms with E-state index in [1.165, 1.54) is 27.8 Å². The van der Waals surface area contributed by atoms with E-state index in [0.717, 1.165) is 38.9 Å². The summed E-state index contributed by atoms with van der Waals surface area (Å²) >= 11 is 0. The van der Waals surface area contributed by atoms with Gasteiger partial charge < -0.3 is 14.8 Å². The average Bonchev–Trinajstić information content (AvgIpc) is 3.04. The van der Waals surface area contributed by atoms with Crippen molar-refractivity contribution < 1.29 is 14.3 Å². The molecule has 1 unspecified atom stereocenters. The SMILES string of the molecule is COCc1ccc(-c2ccc3c(c2)CC(C)(C)C3NC(=O)O[C@@H]2CN3CCC2CC3)cc1. The van der Waals surface area contributed by atoms with Crippen LogP contribution in [-0.2, 0) is 22.5 Å². The summed E-state index contributed by atoms with van der Waals surface area (Å²) in [6.45, 7) is 8.26. The molecule has 1 amide bonds. The molecule has 0 aromatic heterocycles. The van der Waals surface area contributed by atoms with Gasteiger partial charge in [-0.3, -0.25) is 4.90 Å². The summed E-state index contributed by atoms with van der Waals surface area (Å²) in [7, 11) is 1.72. The Labute approximate surface area is 191 Å². The quantitative estimate of drug-likeness (QED) is 0.724. The van der Waals surface area contributed by atoms with E-state index >= 15 is 0 Å². The molecule has 2 aromatic rings. The molecule has 3 aliphatic heterocycles. The van der Waals surface area contributed by atoms with Crippen molar-refractivity contribution in [3.05, 3.63) is 59.2 Å². The van der Waals surface area contributed by atoms with Crippen molar-refractivity contribution in [3.63, 3.8) is 0 Å². The summed E-state index contributed by atoms with van der Waals surface area (Å²) in [4.78, 5) is 15.3. The highest BCUT2D eigenvalue weighted by Gasteiger charge is 2.42. The number of piperidine rings is 3. The molecule has 4 aliphatic rings. The zero-order valence-corrected chi connectivity index (χ0v) is 19.4. The number of carbonyl (C=O) groups is 1. The lowest BCUT2D eigenvalue weighted by molar-refractivity contribution is -0.0348. The van der Waals surface area contributed by atoms with Crippen LogP contribution >= 0.6 is 0 Å². The van der Waals surface area contributed by atoms with Crippen molar-refractivity contribution in [1.29, 1.82) is 0 Å². The van der Waals surface area contributed by atoms with Gasteiger partial charge in [-0.2, -0.15) is 0 Å². The summed E-state index contributed by atoms with van der Waals surface area (Å²) in [6.07, 6.45) is 2.98. The van der Waals surface area contributed by atoms with E-state index < -0.39 is 0 Å². The summed E-state index contributed by atoms with van der Waals surface area (Å²) in [5.41, 5.74) is 6.03. The molecule has 1 aliphatic carbocycles. The fraction of sp³-hybridized carbons (Fsp3) is 0.519. The number of hydrogen-bond donors (Lipinski definition) is 1. The third kappa shape index (κ3) is 4.16. The molecule has 3 heterocycles. The van der Waals surface area contributed by atoms with Gasteiger partial charge in [0.1, 0.15) is 6.10 Å². The minimum absolute atomic E-state index is 0.0324. The first-order chi connectivity index (χ1) is 15.4. The van der Waals surface area contributed by atoms with Gasteiger partial charge in [0, 0.05) is 13.7 Å². The number of hydrogen-bond acceptors (Lipinski definition) is 4. The molecule has 5 heteroatoms. The first-order valence-corrected chi connectivity index (χ1v) is 11.8. The highest BCUT2D eigenvalue weighted by molar-refractivity contribution is 5.70. The maximum Gasteiger partial charge on any atom is 0.407 e. The molecule has 32 heavy (non-hydrogen) atoms. The maximum atomic E-state index is 12.9. The third-order valence-corrected chi connectivity index (χ3v) is 7.60. The molecule has 0 spiro atoms. The topological polar surface area (TPSA) is 50.8 Å². The van der Waals surface area contributed by atoms with Crippen LogP contribution in [0.15, 0.2) is 42.5 Å². The Hall–Kier alpha value is -2.37. The van der Waals surface area contributed by atoms with E-state index in [1.807, 2.05) is 0 Å². The summed E-state index contributed by atoms with van der Waals surface area (Å²) in [5, 5.41) is 3.22. The smallest absolute Gasteiger partial charge is 0.407 e. The van der Waals surface area contributed by atoms with Crippen LogP contribution in [-0.4, -0.2) is 43.8 Å². The largest absolute Gasteiger partial charge is 0.445 e. The van der Waals surface area contributed by atoms with Crippen LogP contribution in [0.4, 0.5) is 4.79 Å². The number of methoxy groups -OCH3 is 1. The molecule has 6 rings (SSSR count). The van der Waals surface area contributed by atoms with Gasteiger partial charge in [0.2, 0.25) is 0 Å². The molecule has 2 atom stereocenters. The second-order valence-electron chi connectivity index (χ2n) is 10.4. The van der Waals surface area contributed by atoms with E-state index in [-0.39, 0.29) is 23.7 Å². The van der Waals surface area contributed by atoms with Crippen molar-refractivity contribution >= 4 is 6.09 Å². The normalized spacial score (nSPS) is 27.7. The van der Waals surface area contributed by atoms with Crippen LogP contribution in [0.2, 0.25) is 0 Å². The van der Waals surface area contributed by atoms with Crippen LogP contribution in [0.25, 0.3) is 11.1 Å². The Balaban J connectivity index is 1.30. The number of alkyl carbamates (subject to hydrolysis) is 1. The minimum Gasteiger partial charge on any atom is -0.445 e. The Morgan fingerprint density at radius 3 is 2.47 bits per heavy atom. The van der Waals surface area contributed by atoms with Crippen LogP contribution in [0.5, 0.6) is 0 Å². The van der Waals surface area contributed by atoms with E-state index in [0.29, 0.717) is 12.5 Å². The van der Waals surface area contributed by atoms with Crippen molar-refractivity contribution in [3.8, 4) is 11.1 Å². The molecular formula is C27H34N2O3. The van der Waals surface area contributed by atoms with E-state index in [9.17, 15) is 4.79 Å². The lowest BCUT2D eigenvalue weighted by atomic mass is 9.85. The zero-order chi connectivity index (χ0) is 22.3. The van der Waals surface area contributed by atoms with Crippen LogP contribution in [0.1, 0.15) is 49.4 Å². The Morgan fingerprint density at radius 1 is 1.09 bits per heavy atom. The molecule has 5 nitrogen and oxygen atoms in total. The fourth-order valence-electron chi connectivity index (χ4n) is 5.80. The molecular weight excluding hydrogens is 400 g/mol. The lowest BCUT2D eigenvalue weighted by Crippen LogP contribution is -2.53. The number of nitrogens with one attached hydrogen (secondary N) is 1. The summed E-state index contributed by atoms with van der Waals surface area (Å²) in [6, 6.07) is 15.1. The Morgan fingerprint density at radius 2 is 1.81 bits per heavy atom. The maximum absolute atomic E-state index is 12.9. The van der Waals surface area contributed by atoms with Crippen LogP contribution in [0, 0.1) is 11.3 Å². The Kier molecular flexibility index (Phi) is 5.72. The molecule has 0 radical (unpaired) electrons. The highest BCUT2D eigenvalue weighted by atomic mass is 16.6. The van der Waals surface area contributed by atoms with Crippen molar-refractivity contribution in [1.82, 2.24) is 10.2 Å². The van der Waals surface area contributed by atoms with E-state index in [2.05, 4.69) is 66.5 Å². The van der Waals surface area contributed by atoms with Gasteiger partial charge in [0.05, 0.1) is 12.6 Å². The number of rotatable bonds is 5. The van der Waals surface area contributed by atoms with E-state index in [1.54, 1.807) is 7.11 Å². The van der Waals surface area contributed by atoms with E-state index in [4.69, 9.17) is 9.47 Å². The number of nitrogens with zero attached hydrogens (tertiary/aromatic N) is 1. The van der Waals surface area contributed by atoms with Crippen molar-refractivity contribution in [2.24, 2.45) is 11.3 Å². The zero-order valence-electron chi connectivity index (χ0n) is 19.4. The van der Waals surface area contributed by atoms with Gasteiger partial charge in [-0.05, 0) is 71.5 Å². The average molecular weight is 435 g/mol. The number of fused-ring (bicyclic) bond motifs is 4. The molecule has 3 saturated heterocycles. The first kappa shape index (κ1) is 21.5. The van der Waals surface area contributed by atoms with Gasteiger partial charge in [-0.1, -0.05) is 56.3 Å². The van der Waals surface area contributed by atoms with Crippen LogP contribution in [0.3, 0.4) is 0 Å². The number of ether oxygens (including phenoxy) is 2. The fourth-order valence-corrected chi connectivity index (χ4v) is 5.80. The molecule has 1 N–H and O–H groups in total. The molecule has 2 bridgehead atoms. The molecule has 0 saturated carbocycles. The minimum atomic E-state index is -0.271. The van der Waals surface area contributed by atoms with Gasteiger partial charge in [-0.15, -0.1) is 0 Å². The molecule has 2 aromatic carbocycles. The number of benzene rings is 2.